The Morgan fingerprint density at radius 3 is 3.00 bits per heavy atom. The van der Waals surface area contributed by atoms with Crippen molar-refractivity contribution >= 4 is 18.6 Å². The molecule has 1 heterocycles. The highest BCUT2D eigenvalue weighted by Crippen LogP contribution is 2.06. The van der Waals surface area contributed by atoms with Gasteiger partial charge in [0.25, 0.3) is 0 Å². The first-order valence-electron chi connectivity index (χ1n) is 2.52. The minimum atomic E-state index is -0.545. The van der Waals surface area contributed by atoms with Crippen molar-refractivity contribution in [2.75, 3.05) is 0 Å². The first kappa shape index (κ1) is 7.07. The lowest BCUT2D eigenvalue weighted by atomic mass is 10.9. The zero-order chi connectivity index (χ0) is 7.56. The predicted molar refractivity (Wildman–Crippen MR) is 37.9 cm³/mol. The van der Waals surface area contributed by atoms with Crippen LogP contribution in [0.5, 0.6) is 0 Å². The summed E-state index contributed by atoms with van der Waals surface area (Å²) in [5, 5.41) is 10.1. The molecule has 0 saturated carbocycles. The Morgan fingerprint density at radius 2 is 2.60 bits per heavy atom. The topological polar surface area (TPSA) is 61.0 Å². The Bertz CT molecular complexity index is 246. The van der Waals surface area contributed by atoms with Crippen molar-refractivity contribution in [3.63, 3.8) is 0 Å². The first-order valence-corrected chi connectivity index (χ1v) is 3.15. The Hall–Kier alpha value is -1.04. The summed E-state index contributed by atoms with van der Waals surface area (Å²) in [6.45, 7) is 0. The number of aromatic nitrogens is 2. The number of nitrogens with zero attached hydrogens (tertiary/aromatic N) is 3. The Balaban J connectivity index is 3.01. The number of hydrogen-bond donors (Lipinski definition) is 1. The maximum atomic E-state index is 10.1. The van der Waals surface area contributed by atoms with Crippen molar-refractivity contribution in [3.05, 3.63) is 22.5 Å². The summed E-state index contributed by atoms with van der Waals surface area (Å²) >= 11 is 3.86. The van der Waals surface area contributed by atoms with Gasteiger partial charge in [-0.05, 0) is 4.92 Å². The molecule has 0 aromatic carbocycles. The fourth-order valence-corrected chi connectivity index (χ4v) is 0.804. The van der Waals surface area contributed by atoms with Gasteiger partial charge < -0.3 is 10.1 Å². The lowest BCUT2D eigenvalue weighted by Crippen LogP contribution is -1.99. The van der Waals surface area contributed by atoms with Crippen molar-refractivity contribution in [1.29, 1.82) is 0 Å². The molecular weight excluding hydrogens is 154 g/mol. The minimum Gasteiger partial charge on any atom is -0.390 e. The third-order valence-corrected chi connectivity index (χ3v) is 1.31. The molecule has 0 spiro atoms. The van der Waals surface area contributed by atoms with Gasteiger partial charge in [-0.15, -0.1) is 12.6 Å². The normalized spacial score (nSPS) is 9.70. The molecule has 0 fully saturated rings. The van der Waals surface area contributed by atoms with Gasteiger partial charge in [-0.2, -0.15) is 0 Å². The van der Waals surface area contributed by atoms with Crippen molar-refractivity contribution < 1.29 is 4.92 Å². The van der Waals surface area contributed by atoms with E-state index in [1.165, 1.54) is 17.0 Å². The molecule has 0 bridgehead atoms. The Labute approximate surface area is 62.2 Å². The van der Waals surface area contributed by atoms with Crippen LogP contribution in [0.15, 0.2) is 12.4 Å². The molecule has 0 aliphatic carbocycles. The molecule has 0 unspecified atom stereocenters. The van der Waals surface area contributed by atoms with Crippen LogP contribution >= 0.6 is 12.6 Å². The maximum Gasteiger partial charge on any atom is 0.435 e. The largest absolute Gasteiger partial charge is 0.435 e. The van der Waals surface area contributed by atoms with Crippen LogP contribution < -0.4 is 0 Å². The predicted octanol–water partition coefficient (Wildman–Crippen LogP) is 0.679. The molecule has 0 aliphatic rings. The van der Waals surface area contributed by atoms with Crippen molar-refractivity contribution in [3.8, 4) is 0 Å². The van der Waals surface area contributed by atoms with E-state index in [0.717, 1.165) is 0 Å². The smallest absolute Gasteiger partial charge is 0.390 e. The third-order valence-electron chi connectivity index (χ3n) is 1.01. The molecular formula is C4H5N3O2S. The lowest BCUT2D eigenvalue weighted by Gasteiger charge is -1.94. The van der Waals surface area contributed by atoms with Gasteiger partial charge in [0.15, 0.2) is 0 Å². The van der Waals surface area contributed by atoms with E-state index in [1.807, 2.05) is 0 Å². The molecule has 0 N–H and O–H groups in total. The van der Waals surface area contributed by atoms with Gasteiger partial charge >= 0.3 is 5.95 Å². The van der Waals surface area contributed by atoms with Gasteiger partial charge in [0.2, 0.25) is 0 Å². The zero-order valence-corrected chi connectivity index (χ0v) is 5.86. The quantitative estimate of drug-likeness (QED) is 0.392. The molecule has 5 nitrogen and oxygen atoms in total. The standard InChI is InChI=1S/C4H5N3O2S/c8-7(9)4-5-1-2-6(4)3-10/h1-2,10H,3H2. The average Bonchev–Trinajstić information content (AvgIpc) is 2.33. The van der Waals surface area contributed by atoms with Gasteiger partial charge in [-0.1, -0.05) is 4.98 Å². The molecule has 0 aliphatic heterocycles. The first-order chi connectivity index (χ1) is 4.75. The fourth-order valence-electron chi connectivity index (χ4n) is 0.584. The molecule has 0 saturated heterocycles. The van der Waals surface area contributed by atoms with E-state index in [0.29, 0.717) is 0 Å². The Kier molecular flexibility index (Phi) is 1.91. The van der Waals surface area contributed by atoms with Crippen molar-refractivity contribution in [2.45, 2.75) is 5.88 Å². The second-order valence-corrected chi connectivity index (χ2v) is 1.88. The second kappa shape index (κ2) is 2.70. The summed E-state index contributed by atoms with van der Waals surface area (Å²) in [4.78, 5) is 13.1. The van der Waals surface area contributed by atoms with Crippen LogP contribution in [0.1, 0.15) is 0 Å². The van der Waals surface area contributed by atoms with Crippen molar-refractivity contribution in [1.82, 2.24) is 9.55 Å². The van der Waals surface area contributed by atoms with Gasteiger partial charge in [0.05, 0.1) is 0 Å². The highest BCUT2D eigenvalue weighted by atomic mass is 32.1. The zero-order valence-electron chi connectivity index (χ0n) is 4.97. The Morgan fingerprint density at radius 1 is 1.90 bits per heavy atom. The van der Waals surface area contributed by atoms with Crippen LogP contribution in [-0.2, 0) is 5.88 Å². The van der Waals surface area contributed by atoms with Crippen LogP contribution in [0.3, 0.4) is 0 Å². The van der Waals surface area contributed by atoms with E-state index >= 15 is 0 Å². The molecule has 0 atom stereocenters. The summed E-state index contributed by atoms with van der Waals surface area (Å²) in [5.41, 5.74) is 0. The van der Waals surface area contributed by atoms with E-state index in [9.17, 15) is 10.1 Å². The highest BCUT2D eigenvalue weighted by Gasteiger charge is 2.10. The number of imidazole rings is 1. The lowest BCUT2D eigenvalue weighted by molar-refractivity contribution is -0.396. The number of nitro groups is 1. The van der Waals surface area contributed by atoms with Gasteiger partial charge in [0.1, 0.15) is 18.3 Å². The molecule has 0 amide bonds. The van der Waals surface area contributed by atoms with Crippen LogP contribution in [0, 0.1) is 10.1 Å². The van der Waals surface area contributed by atoms with Gasteiger partial charge in [-0.3, -0.25) is 0 Å². The average molecular weight is 159 g/mol. The van der Waals surface area contributed by atoms with E-state index in [1.54, 1.807) is 0 Å². The monoisotopic (exact) mass is 159 g/mol. The fraction of sp³-hybridized carbons (Fsp3) is 0.250. The molecule has 54 valence electrons. The number of thiol groups is 1. The van der Waals surface area contributed by atoms with Crippen LogP contribution in [0.25, 0.3) is 0 Å². The molecule has 1 aromatic heterocycles. The highest BCUT2D eigenvalue weighted by molar-refractivity contribution is 7.79. The second-order valence-electron chi connectivity index (χ2n) is 1.60. The molecule has 6 heteroatoms. The van der Waals surface area contributed by atoms with E-state index in [-0.39, 0.29) is 11.8 Å². The van der Waals surface area contributed by atoms with E-state index < -0.39 is 4.92 Å². The van der Waals surface area contributed by atoms with E-state index in [2.05, 4.69) is 17.6 Å². The van der Waals surface area contributed by atoms with E-state index in [4.69, 9.17) is 0 Å². The van der Waals surface area contributed by atoms with Gasteiger partial charge in [-0.25, -0.2) is 4.57 Å². The summed E-state index contributed by atoms with van der Waals surface area (Å²) in [7, 11) is 0. The number of rotatable bonds is 2. The minimum absolute atomic E-state index is 0.171. The van der Waals surface area contributed by atoms with Gasteiger partial charge in [0, 0.05) is 0 Å². The third kappa shape index (κ3) is 1.10. The molecule has 1 rings (SSSR count). The van der Waals surface area contributed by atoms with Crippen molar-refractivity contribution in [2.24, 2.45) is 0 Å². The van der Waals surface area contributed by atoms with Crippen LogP contribution in [-0.4, -0.2) is 14.5 Å². The molecule has 10 heavy (non-hydrogen) atoms. The summed E-state index contributed by atoms with van der Waals surface area (Å²) in [6.07, 6.45) is 2.87. The summed E-state index contributed by atoms with van der Waals surface area (Å²) in [6, 6.07) is 0. The maximum absolute atomic E-state index is 10.1. The summed E-state index contributed by atoms with van der Waals surface area (Å²) < 4.78 is 1.34. The van der Waals surface area contributed by atoms with Crippen LogP contribution in [0.4, 0.5) is 5.95 Å². The summed E-state index contributed by atoms with van der Waals surface area (Å²) in [5.74, 6) is 0.103. The molecule has 1 aromatic rings. The number of hydrogen-bond acceptors (Lipinski definition) is 4. The molecule has 0 radical (unpaired) electrons. The van der Waals surface area contributed by atoms with Crippen LogP contribution in [0.2, 0.25) is 0 Å². The SMILES string of the molecule is O=[N+]([O-])c1nccn1CS.